The molecular formula is C43H47N5O6. The number of ether oxygens (including phenoxy) is 1. The van der Waals surface area contributed by atoms with Crippen LogP contribution in [0.15, 0.2) is 108 Å². The molecule has 0 spiro atoms. The standard InChI is InChI=1S/C43H47N5O6/c1-48(26-35-29-13-16-33(35)39(23-29)54-43(53)46-36-10-6-5-9-31(36)28-7-3-2-4-8-28)22-21-41(52)45-30-14-11-27(12-15-30)24-44-25-38(50)32-17-19-37(49)42-34(32)18-20-40(51)47-42/h2-12,14-15,17-20,29,33,35,38-39,44,49-50H,13,16,21-26H2,1H3,(H,45,52)(H,46,53)(H,47,51)/t29?,33?,35?,38-,39?/m0/s1. The van der Waals surface area contributed by atoms with Crippen LogP contribution in [0, 0.1) is 17.8 Å². The number of para-hydroxylation sites is 1. The largest absolute Gasteiger partial charge is 0.506 e. The molecule has 6 N–H and O–H groups in total. The lowest BCUT2D eigenvalue weighted by Gasteiger charge is -2.25. The van der Waals surface area contributed by atoms with Gasteiger partial charge >= 0.3 is 6.09 Å². The number of H-pyrrole nitrogens is 1. The molecule has 11 heteroatoms. The van der Waals surface area contributed by atoms with Gasteiger partial charge in [-0.3, -0.25) is 14.9 Å². The average Bonchev–Trinajstić information content (AvgIpc) is 3.71. The van der Waals surface area contributed by atoms with Crippen molar-refractivity contribution in [3.63, 3.8) is 0 Å². The number of nitrogens with zero attached hydrogens (tertiary/aromatic N) is 1. The van der Waals surface area contributed by atoms with Crippen molar-refractivity contribution in [2.45, 2.75) is 44.4 Å². The molecule has 5 aromatic rings. The zero-order valence-electron chi connectivity index (χ0n) is 30.3. The summed E-state index contributed by atoms with van der Waals surface area (Å²) >= 11 is 0. The van der Waals surface area contributed by atoms with E-state index in [1.165, 1.54) is 12.1 Å². The number of carbonyl (C=O) groups excluding carboxylic acids is 2. The third kappa shape index (κ3) is 8.65. The van der Waals surface area contributed by atoms with Gasteiger partial charge in [0, 0.05) is 61.2 Å². The van der Waals surface area contributed by atoms with E-state index in [2.05, 4.69) is 32.9 Å². The first kappa shape index (κ1) is 36.9. The summed E-state index contributed by atoms with van der Waals surface area (Å²) in [4.78, 5) is 42.4. The predicted octanol–water partition coefficient (Wildman–Crippen LogP) is 6.65. The van der Waals surface area contributed by atoms with Crippen LogP contribution in [0.2, 0.25) is 0 Å². The van der Waals surface area contributed by atoms with E-state index in [1.54, 1.807) is 12.1 Å². The molecule has 7 rings (SSSR count). The highest BCUT2D eigenvalue weighted by atomic mass is 16.6. The second kappa shape index (κ2) is 16.7. The highest BCUT2D eigenvalue weighted by Crippen LogP contribution is 2.51. The number of aliphatic hydroxyl groups excluding tert-OH is 1. The monoisotopic (exact) mass is 729 g/mol. The van der Waals surface area contributed by atoms with Crippen LogP contribution in [0.1, 0.15) is 42.9 Å². The minimum Gasteiger partial charge on any atom is -0.506 e. The van der Waals surface area contributed by atoms with Crippen LogP contribution in [-0.2, 0) is 16.1 Å². The summed E-state index contributed by atoms with van der Waals surface area (Å²) in [6.07, 6.45) is 2.06. The zero-order valence-corrected chi connectivity index (χ0v) is 30.3. The molecule has 11 nitrogen and oxygen atoms in total. The molecular weight excluding hydrogens is 683 g/mol. The van der Waals surface area contributed by atoms with Crippen molar-refractivity contribution in [3.05, 3.63) is 125 Å². The van der Waals surface area contributed by atoms with Crippen LogP contribution >= 0.6 is 0 Å². The van der Waals surface area contributed by atoms with Crippen molar-refractivity contribution in [1.29, 1.82) is 0 Å². The van der Waals surface area contributed by atoms with Gasteiger partial charge in [0.05, 0.1) is 17.3 Å². The summed E-state index contributed by atoms with van der Waals surface area (Å²) in [5, 5.41) is 30.7. The first-order valence-corrected chi connectivity index (χ1v) is 18.6. The first-order valence-electron chi connectivity index (χ1n) is 18.6. The van der Waals surface area contributed by atoms with Crippen LogP contribution in [0.3, 0.4) is 0 Å². The number of phenolic OH excluding ortho intramolecular Hbond substituents is 1. The molecule has 5 atom stereocenters. The highest BCUT2D eigenvalue weighted by molar-refractivity contribution is 5.92. The van der Waals surface area contributed by atoms with Crippen LogP contribution < -0.4 is 21.5 Å². The van der Waals surface area contributed by atoms with Crippen molar-refractivity contribution in [1.82, 2.24) is 15.2 Å². The van der Waals surface area contributed by atoms with Crippen molar-refractivity contribution in [2.24, 2.45) is 17.8 Å². The zero-order chi connectivity index (χ0) is 37.6. The number of aliphatic hydroxyl groups is 1. The number of pyridine rings is 1. The lowest BCUT2D eigenvalue weighted by Crippen LogP contribution is -2.33. The van der Waals surface area contributed by atoms with E-state index in [1.807, 2.05) is 78.9 Å². The maximum atomic E-state index is 13.1. The van der Waals surface area contributed by atoms with E-state index < -0.39 is 12.2 Å². The third-order valence-electron chi connectivity index (χ3n) is 11.0. The van der Waals surface area contributed by atoms with E-state index in [4.69, 9.17) is 4.74 Å². The van der Waals surface area contributed by atoms with Crippen molar-refractivity contribution in [2.75, 3.05) is 37.3 Å². The minimum absolute atomic E-state index is 0.0489. The number of aromatic nitrogens is 1. The van der Waals surface area contributed by atoms with Crippen LogP contribution in [0.5, 0.6) is 5.75 Å². The van der Waals surface area contributed by atoms with E-state index in [0.717, 1.165) is 53.9 Å². The van der Waals surface area contributed by atoms with E-state index in [9.17, 15) is 24.6 Å². The number of anilines is 2. The summed E-state index contributed by atoms with van der Waals surface area (Å²) in [5.41, 5.74) is 5.00. The number of aromatic amines is 1. The smallest absolute Gasteiger partial charge is 0.411 e. The number of rotatable bonds is 14. The Hall–Kier alpha value is -5.49. The fourth-order valence-corrected chi connectivity index (χ4v) is 8.26. The number of hydrogen-bond donors (Lipinski definition) is 6. The normalized spacial score (nSPS) is 19.5. The van der Waals surface area contributed by atoms with Gasteiger partial charge in [-0.25, -0.2) is 4.79 Å². The molecule has 0 saturated heterocycles. The predicted molar refractivity (Wildman–Crippen MR) is 210 cm³/mol. The highest BCUT2D eigenvalue weighted by Gasteiger charge is 2.49. The van der Waals surface area contributed by atoms with Gasteiger partial charge in [0.2, 0.25) is 11.5 Å². The quantitative estimate of drug-likeness (QED) is 0.0743. The average molecular weight is 730 g/mol. The van der Waals surface area contributed by atoms with Gasteiger partial charge < -0.3 is 35.5 Å². The van der Waals surface area contributed by atoms with Gasteiger partial charge in [-0.15, -0.1) is 0 Å². The van der Waals surface area contributed by atoms with E-state index in [0.29, 0.717) is 53.7 Å². The number of fused-ring (bicyclic) bond motifs is 3. The summed E-state index contributed by atoms with van der Waals surface area (Å²) in [5.74, 6) is 1.16. The topological polar surface area (TPSA) is 156 Å². The Bertz CT molecular complexity index is 2140. The Morgan fingerprint density at radius 1 is 0.926 bits per heavy atom. The van der Waals surface area contributed by atoms with Gasteiger partial charge in [0.1, 0.15) is 11.9 Å². The SMILES string of the molecule is CN(CCC(=O)Nc1ccc(CNC[C@H](O)c2ccc(O)c3[nH]c(=O)ccc23)cc1)CC1C2CCC1C(OC(=O)Nc1ccccc1-c1ccccc1)C2. The third-order valence-corrected chi connectivity index (χ3v) is 11.0. The summed E-state index contributed by atoms with van der Waals surface area (Å²) < 4.78 is 6.03. The van der Waals surface area contributed by atoms with Gasteiger partial charge in [-0.2, -0.15) is 0 Å². The molecule has 2 fully saturated rings. The molecule has 4 aromatic carbocycles. The van der Waals surface area contributed by atoms with E-state index >= 15 is 0 Å². The van der Waals surface area contributed by atoms with Crippen LogP contribution in [0.4, 0.5) is 16.2 Å². The molecule has 4 unspecified atom stereocenters. The van der Waals surface area contributed by atoms with Crippen molar-refractivity contribution in [3.8, 4) is 16.9 Å². The Morgan fingerprint density at radius 2 is 1.70 bits per heavy atom. The van der Waals surface area contributed by atoms with Gasteiger partial charge in [0.25, 0.3) is 0 Å². The molecule has 2 aliphatic carbocycles. The first-order chi connectivity index (χ1) is 26.2. The number of carbonyl (C=O) groups is 2. The molecule has 2 amide bonds. The van der Waals surface area contributed by atoms with Crippen LogP contribution in [0.25, 0.3) is 22.0 Å². The van der Waals surface area contributed by atoms with Crippen LogP contribution in [-0.4, -0.2) is 64.9 Å². The fourth-order valence-electron chi connectivity index (χ4n) is 8.26. The molecule has 2 saturated carbocycles. The molecule has 0 aliphatic heterocycles. The molecule has 0 radical (unpaired) electrons. The number of aromatic hydroxyl groups is 1. The lowest BCUT2D eigenvalue weighted by atomic mass is 9.96. The number of amides is 2. The molecule has 2 aliphatic rings. The van der Waals surface area contributed by atoms with Crippen molar-refractivity contribution < 1.29 is 24.5 Å². The molecule has 280 valence electrons. The number of nitrogens with one attached hydrogen (secondary N) is 4. The Kier molecular flexibility index (Phi) is 11.4. The summed E-state index contributed by atoms with van der Waals surface area (Å²) in [6.45, 7) is 2.26. The Balaban J connectivity index is 0.828. The number of hydrogen-bond acceptors (Lipinski definition) is 8. The second-order valence-electron chi connectivity index (χ2n) is 14.6. The van der Waals surface area contributed by atoms with E-state index in [-0.39, 0.29) is 29.9 Å². The molecule has 2 bridgehead atoms. The van der Waals surface area contributed by atoms with Gasteiger partial charge in [0.15, 0.2) is 0 Å². The second-order valence-corrected chi connectivity index (χ2v) is 14.6. The maximum Gasteiger partial charge on any atom is 0.411 e. The Labute approximate surface area is 314 Å². The molecule has 54 heavy (non-hydrogen) atoms. The Morgan fingerprint density at radius 3 is 2.52 bits per heavy atom. The number of benzene rings is 4. The van der Waals surface area contributed by atoms with Gasteiger partial charge in [-0.1, -0.05) is 66.7 Å². The van der Waals surface area contributed by atoms with Crippen molar-refractivity contribution >= 4 is 34.3 Å². The summed E-state index contributed by atoms with van der Waals surface area (Å²) in [6, 6.07) is 31.4. The lowest BCUT2D eigenvalue weighted by molar-refractivity contribution is -0.116. The molecule has 1 heterocycles. The minimum atomic E-state index is -0.852. The maximum absolute atomic E-state index is 13.1. The van der Waals surface area contributed by atoms with Gasteiger partial charge in [-0.05, 0) is 85.2 Å². The fraction of sp³-hybridized carbons (Fsp3) is 0.326. The molecule has 1 aromatic heterocycles. The summed E-state index contributed by atoms with van der Waals surface area (Å²) in [7, 11) is 2.05. The number of phenols is 1.